The van der Waals surface area contributed by atoms with Gasteiger partial charge >= 0.3 is 6.09 Å². The molecule has 0 spiro atoms. The lowest BCUT2D eigenvalue weighted by atomic mass is 10.1. The van der Waals surface area contributed by atoms with Crippen LogP contribution in [0.4, 0.5) is 10.5 Å². The second-order valence-corrected chi connectivity index (χ2v) is 11.5. The van der Waals surface area contributed by atoms with E-state index in [1.54, 1.807) is 24.5 Å². The first-order valence-electron chi connectivity index (χ1n) is 14.3. The van der Waals surface area contributed by atoms with Crippen LogP contribution in [0.1, 0.15) is 67.2 Å². The van der Waals surface area contributed by atoms with Gasteiger partial charge in [-0.05, 0) is 78.5 Å². The minimum Gasteiger partial charge on any atom is -0.444 e. The predicted molar refractivity (Wildman–Crippen MR) is 157 cm³/mol. The number of amides is 2. The van der Waals surface area contributed by atoms with Gasteiger partial charge in [0, 0.05) is 74.7 Å². The Morgan fingerprint density at radius 2 is 1.72 bits per heavy atom. The van der Waals surface area contributed by atoms with Crippen molar-refractivity contribution in [3.8, 4) is 0 Å². The molecule has 2 fully saturated rings. The number of ether oxygens (including phenoxy) is 1. The molecule has 214 valence electrons. The van der Waals surface area contributed by atoms with Gasteiger partial charge < -0.3 is 19.9 Å². The normalized spacial score (nSPS) is 20.5. The minimum absolute atomic E-state index is 0.120. The van der Waals surface area contributed by atoms with E-state index in [9.17, 15) is 9.59 Å². The maximum absolute atomic E-state index is 12.6. The summed E-state index contributed by atoms with van der Waals surface area (Å²) in [5.41, 5.74) is 3.51. The molecular formula is C31H47N5O3. The highest BCUT2D eigenvalue weighted by atomic mass is 16.6. The predicted octanol–water partition coefficient (Wildman–Crippen LogP) is 5.61. The Labute approximate surface area is 234 Å². The average Bonchev–Trinajstić information content (AvgIpc) is 3.17. The van der Waals surface area contributed by atoms with Gasteiger partial charge in [-0.3, -0.25) is 14.7 Å². The molecule has 1 aromatic heterocycles. The van der Waals surface area contributed by atoms with Crippen LogP contribution in [0, 0.1) is 0 Å². The molecule has 0 radical (unpaired) electrons. The number of carbonyl (C=O) groups excluding carboxylic acids is 2. The molecule has 2 aliphatic rings. The van der Waals surface area contributed by atoms with Crippen molar-refractivity contribution >= 4 is 17.7 Å². The summed E-state index contributed by atoms with van der Waals surface area (Å²) in [6.45, 7) is 17.4. The smallest absolute Gasteiger partial charge is 0.410 e. The molecule has 8 heteroatoms. The summed E-state index contributed by atoms with van der Waals surface area (Å²) in [5.74, 6) is -0.120. The number of allylic oxidation sites excluding steroid dienone is 4. The zero-order chi connectivity index (χ0) is 28.4. The van der Waals surface area contributed by atoms with Crippen molar-refractivity contribution in [2.75, 3.05) is 44.6 Å². The molecule has 0 aliphatic carbocycles. The molecule has 1 aromatic rings. The molecule has 8 nitrogen and oxygen atoms in total. The fourth-order valence-corrected chi connectivity index (χ4v) is 5.00. The van der Waals surface area contributed by atoms with E-state index in [2.05, 4.69) is 40.0 Å². The summed E-state index contributed by atoms with van der Waals surface area (Å²) >= 11 is 0. The second kappa shape index (κ2) is 14.3. The quantitative estimate of drug-likeness (QED) is 0.360. The molecule has 0 bridgehead atoms. The van der Waals surface area contributed by atoms with Crippen molar-refractivity contribution in [2.45, 2.75) is 78.9 Å². The van der Waals surface area contributed by atoms with Crippen LogP contribution in [-0.4, -0.2) is 82.6 Å². The molecule has 1 N–H and O–H groups in total. The lowest BCUT2D eigenvalue weighted by Crippen LogP contribution is -2.50. The van der Waals surface area contributed by atoms with Crippen molar-refractivity contribution in [2.24, 2.45) is 0 Å². The minimum atomic E-state index is -0.462. The average molecular weight is 538 g/mol. The van der Waals surface area contributed by atoms with Crippen LogP contribution in [0.2, 0.25) is 0 Å². The number of nitrogens with one attached hydrogen (secondary N) is 1. The second-order valence-electron chi connectivity index (χ2n) is 11.5. The molecule has 39 heavy (non-hydrogen) atoms. The lowest BCUT2D eigenvalue weighted by Gasteiger charge is -2.41. The van der Waals surface area contributed by atoms with Crippen LogP contribution in [0.25, 0.3) is 0 Å². The van der Waals surface area contributed by atoms with Crippen LogP contribution in [0.15, 0.2) is 59.6 Å². The molecule has 2 saturated heterocycles. The highest BCUT2D eigenvalue weighted by Crippen LogP contribution is 2.23. The van der Waals surface area contributed by atoms with Crippen LogP contribution in [0.3, 0.4) is 0 Å². The van der Waals surface area contributed by atoms with Crippen LogP contribution >= 0.6 is 0 Å². The van der Waals surface area contributed by atoms with Crippen LogP contribution in [0.5, 0.6) is 0 Å². The molecular weight excluding hydrogens is 490 g/mol. The third-order valence-electron chi connectivity index (χ3n) is 7.38. The Morgan fingerprint density at radius 1 is 1.03 bits per heavy atom. The van der Waals surface area contributed by atoms with Gasteiger partial charge in [-0.25, -0.2) is 4.79 Å². The summed E-state index contributed by atoms with van der Waals surface area (Å²) in [6.07, 6.45) is 13.2. The number of hydrogen-bond donors (Lipinski definition) is 1. The summed E-state index contributed by atoms with van der Waals surface area (Å²) in [7, 11) is 0. The first-order valence-corrected chi connectivity index (χ1v) is 14.3. The molecule has 0 saturated carbocycles. The highest BCUT2D eigenvalue weighted by Gasteiger charge is 2.29. The van der Waals surface area contributed by atoms with E-state index in [1.807, 2.05) is 44.7 Å². The third-order valence-corrected chi connectivity index (χ3v) is 7.38. The number of hydrogen-bond acceptors (Lipinski definition) is 6. The maximum atomic E-state index is 12.6. The number of likely N-dealkylation sites (tertiary alicyclic amines) is 1. The standard InChI is InChI=1S/C31H47N5O3/c1-7-24(2)28(12-8-10-25(3)29(37)33-26-13-16-32-17-14-26)35-22-20-34(21-23-35)27-11-9-18-36(19-15-27)30(38)39-31(4,5)6/h8,10,12-14,16-17,27H,7,9,11,15,18-23H2,1-6H3,(H,32,33,37). The lowest BCUT2D eigenvalue weighted by molar-refractivity contribution is -0.112. The largest absolute Gasteiger partial charge is 0.444 e. The molecule has 3 rings (SSSR count). The number of pyridine rings is 1. The first kappa shape index (κ1) is 30.4. The van der Waals surface area contributed by atoms with E-state index < -0.39 is 5.60 Å². The Bertz CT molecular complexity index is 1050. The van der Waals surface area contributed by atoms with Gasteiger partial charge in [-0.2, -0.15) is 0 Å². The van der Waals surface area contributed by atoms with Crippen molar-refractivity contribution in [3.63, 3.8) is 0 Å². The SMILES string of the molecule is CCC(C)=C(C=CC=C(C)C(=O)Nc1ccncc1)N1CCN(C2CCCN(C(=O)OC(C)(C)C)CC2)CC1. The molecule has 0 aromatic carbocycles. The Kier molecular flexibility index (Phi) is 11.2. The fourth-order valence-electron chi connectivity index (χ4n) is 5.00. The number of rotatable bonds is 7. The Morgan fingerprint density at radius 3 is 2.36 bits per heavy atom. The topological polar surface area (TPSA) is 78.0 Å². The molecule has 1 atom stereocenters. The molecule has 1 unspecified atom stereocenters. The van der Waals surface area contributed by atoms with E-state index >= 15 is 0 Å². The zero-order valence-electron chi connectivity index (χ0n) is 24.7. The van der Waals surface area contributed by atoms with Gasteiger partial charge in [-0.15, -0.1) is 0 Å². The van der Waals surface area contributed by atoms with Crippen molar-refractivity contribution in [1.82, 2.24) is 19.7 Å². The van der Waals surface area contributed by atoms with E-state index in [0.29, 0.717) is 11.6 Å². The molecule has 3 heterocycles. The number of nitrogens with zero attached hydrogens (tertiary/aromatic N) is 4. The number of carbonyl (C=O) groups is 2. The number of aromatic nitrogens is 1. The number of piperazine rings is 1. The van der Waals surface area contributed by atoms with Gasteiger partial charge in [0.1, 0.15) is 5.60 Å². The van der Waals surface area contributed by atoms with Crippen molar-refractivity contribution in [3.05, 3.63) is 59.6 Å². The van der Waals surface area contributed by atoms with Gasteiger partial charge in [0.05, 0.1) is 0 Å². The fraction of sp³-hybridized carbons (Fsp3) is 0.581. The van der Waals surface area contributed by atoms with E-state index in [0.717, 1.165) is 70.6 Å². The Hall–Kier alpha value is -3.13. The summed E-state index contributed by atoms with van der Waals surface area (Å²) < 4.78 is 5.60. The van der Waals surface area contributed by atoms with E-state index in [-0.39, 0.29) is 12.0 Å². The van der Waals surface area contributed by atoms with Crippen LogP contribution < -0.4 is 5.32 Å². The van der Waals surface area contributed by atoms with Crippen molar-refractivity contribution in [1.29, 1.82) is 0 Å². The highest BCUT2D eigenvalue weighted by molar-refractivity contribution is 6.03. The monoisotopic (exact) mass is 537 g/mol. The number of anilines is 1. The zero-order valence-corrected chi connectivity index (χ0v) is 24.7. The van der Waals surface area contributed by atoms with Gasteiger partial charge in [0.25, 0.3) is 5.91 Å². The van der Waals surface area contributed by atoms with E-state index in [4.69, 9.17) is 4.74 Å². The first-order chi connectivity index (χ1) is 18.6. The molecule has 2 aliphatic heterocycles. The summed E-state index contributed by atoms with van der Waals surface area (Å²) in [6, 6.07) is 4.05. The van der Waals surface area contributed by atoms with Crippen molar-refractivity contribution < 1.29 is 14.3 Å². The van der Waals surface area contributed by atoms with Crippen LogP contribution in [-0.2, 0) is 9.53 Å². The van der Waals surface area contributed by atoms with Gasteiger partial charge in [0.2, 0.25) is 0 Å². The van der Waals surface area contributed by atoms with E-state index in [1.165, 1.54) is 11.3 Å². The summed E-state index contributed by atoms with van der Waals surface area (Å²) in [4.78, 5) is 36.0. The van der Waals surface area contributed by atoms with Gasteiger partial charge in [0.15, 0.2) is 0 Å². The summed E-state index contributed by atoms with van der Waals surface area (Å²) in [5, 5.41) is 2.90. The molecule has 2 amide bonds. The maximum Gasteiger partial charge on any atom is 0.410 e. The third kappa shape index (κ3) is 9.53. The van der Waals surface area contributed by atoms with Gasteiger partial charge in [-0.1, -0.05) is 24.6 Å². The Balaban J connectivity index is 1.55.